The molecule has 0 fully saturated rings. The number of rotatable bonds is 6. The molecule has 0 aliphatic carbocycles. The van der Waals surface area contributed by atoms with Gasteiger partial charge in [0.25, 0.3) is 0 Å². The average Bonchev–Trinajstić information content (AvgIpc) is 2.18. The Morgan fingerprint density at radius 2 is 1.75 bits per heavy atom. The number of carbonyl (C=O) groups excluding carboxylic acids is 1. The van der Waals surface area contributed by atoms with Crippen LogP contribution in [-0.2, 0) is 9.53 Å². The van der Waals surface area contributed by atoms with E-state index in [4.69, 9.17) is 14.9 Å². The highest BCUT2D eigenvalue weighted by molar-refractivity contribution is 5.72. The third-order valence-electron chi connectivity index (χ3n) is 2.31. The maximum absolute atomic E-state index is 11.4. The molecule has 0 aromatic rings. The lowest BCUT2D eigenvalue weighted by atomic mass is 9.99. The van der Waals surface area contributed by atoms with Crippen LogP contribution in [0, 0.1) is 0 Å². The van der Waals surface area contributed by atoms with Gasteiger partial charge in [-0.15, -0.1) is 0 Å². The quantitative estimate of drug-likeness (QED) is 0.565. The predicted molar refractivity (Wildman–Crippen MR) is 61.0 cm³/mol. The van der Waals surface area contributed by atoms with Crippen molar-refractivity contribution in [1.29, 1.82) is 0 Å². The molecule has 0 spiro atoms. The van der Waals surface area contributed by atoms with E-state index in [0.29, 0.717) is 6.42 Å². The van der Waals surface area contributed by atoms with Gasteiger partial charge in [0, 0.05) is 0 Å². The van der Waals surface area contributed by atoms with E-state index in [1.807, 2.05) is 6.92 Å². The zero-order valence-electron chi connectivity index (χ0n) is 10.5. The minimum Gasteiger partial charge on any atom is -0.459 e. The van der Waals surface area contributed by atoms with E-state index in [-0.39, 0.29) is 19.8 Å². The van der Waals surface area contributed by atoms with Gasteiger partial charge in [-0.3, -0.25) is 10.1 Å². The summed E-state index contributed by atoms with van der Waals surface area (Å²) < 4.78 is 5.10. The highest BCUT2D eigenvalue weighted by atomic mass is 16.6. The first-order valence-electron chi connectivity index (χ1n) is 5.47. The molecule has 0 radical (unpaired) electrons. The molecule has 96 valence electrons. The number of hydrogen-bond donors (Lipinski definition) is 3. The SMILES string of the molecule is CCC(CO)(CO)NCC(=O)OC(C)(C)C. The van der Waals surface area contributed by atoms with Crippen LogP contribution < -0.4 is 5.32 Å². The van der Waals surface area contributed by atoms with Crippen molar-refractivity contribution >= 4 is 5.97 Å². The summed E-state index contributed by atoms with van der Waals surface area (Å²) in [7, 11) is 0. The molecule has 0 unspecified atom stereocenters. The summed E-state index contributed by atoms with van der Waals surface area (Å²) in [5.41, 5.74) is -1.33. The topological polar surface area (TPSA) is 78.8 Å². The van der Waals surface area contributed by atoms with Gasteiger partial charge in [-0.05, 0) is 27.2 Å². The first-order chi connectivity index (χ1) is 7.28. The van der Waals surface area contributed by atoms with Crippen molar-refractivity contribution in [3.8, 4) is 0 Å². The van der Waals surface area contributed by atoms with E-state index in [1.165, 1.54) is 0 Å². The zero-order chi connectivity index (χ0) is 12.8. The molecule has 0 aliphatic heterocycles. The number of hydrogen-bond acceptors (Lipinski definition) is 5. The summed E-state index contributed by atoms with van der Waals surface area (Å²) in [6, 6.07) is 0. The van der Waals surface area contributed by atoms with Crippen LogP contribution in [0.1, 0.15) is 34.1 Å². The fourth-order valence-electron chi connectivity index (χ4n) is 1.15. The lowest BCUT2D eigenvalue weighted by Gasteiger charge is -2.30. The van der Waals surface area contributed by atoms with E-state index >= 15 is 0 Å². The second kappa shape index (κ2) is 6.18. The van der Waals surface area contributed by atoms with Crippen molar-refractivity contribution in [2.75, 3.05) is 19.8 Å². The standard InChI is InChI=1S/C11H23NO4/c1-5-11(7-13,8-14)12-6-9(15)16-10(2,3)4/h12-14H,5-8H2,1-4H3. The van der Waals surface area contributed by atoms with Crippen LogP contribution in [0.15, 0.2) is 0 Å². The van der Waals surface area contributed by atoms with E-state index in [0.717, 1.165) is 0 Å². The molecule has 0 aliphatic rings. The molecule has 16 heavy (non-hydrogen) atoms. The summed E-state index contributed by atoms with van der Waals surface area (Å²) in [4.78, 5) is 11.4. The molecule has 0 amide bonds. The van der Waals surface area contributed by atoms with Gasteiger partial charge in [0.05, 0.1) is 25.3 Å². The van der Waals surface area contributed by atoms with E-state index < -0.39 is 17.1 Å². The molecule has 5 heteroatoms. The fourth-order valence-corrected chi connectivity index (χ4v) is 1.15. The Bertz CT molecular complexity index is 210. The van der Waals surface area contributed by atoms with Crippen LogP contribution in [0.2, 0.25) is 0 Å². The predicted octanol–water partition coefficient (Wildman–Crippen LogP) is 0.0511. The fraction of sp³-hybridized carbons (Fsp3) is 0.909. The Hall–Kier alpha value is -0.650. The second-order valence-electron chi connectivity index (χ2n) is 4.89. The highest BCUT2D eigenvalue weighted by Gasteiger charge is 2.27. The Labute approximate surface area is 96.8 Å². The molecule has 0 saturated carbocycles. The number of nitrogens with one attached hydrogen (secondary N) is 1. The molecule has 0 aromatic heterocycles. The van der Waals surface area contributed by atoms with Crippen LogP contribution in [0.4, 0.5) is 0 Å². The van der Waals surface area contributed by atoms with Gasteiger partial charge in [-0.1, -0.05) is 6.92 Å². The van der Waals surface area contributed by atoms with Crippen LogP contribution in [0.5, 0.6) is 0 Å². The molecule has 5 nitrogen and oxygen atoms in total. The summed E-state index contributed by atoms with van der Waals surface area (Å²) in [6.07, 6.45) is 0.531. The molecule has 0 atom stereocenters. The maximum atomic E-state index is 11.4. The first kappa shape index (κ1) is 15.3. The van der Waals surface area contributed by atoms with Gasteiger partial charge in [0.15, 0.2) is 0 Å². The molecule has 0 rings (SSSR count). The van der Waals surface area contributed by atoms with E-state index in [9.17, 15) is 4.79 Å². The lowest BCUT2D eigenvalue weighted by molar-refractivity contribution is -0.154. The molecule has 0 aromatic carbocycles. The summed E-state index contributed by atoms with van der Waals surface area (Å²) >= 11 is 0. The smallest absolute Gasteiger partial charge is 0.320 e. The Balaban J connectivity index is 4.17. The minimum absolute atomic E-state index is 0.0216. The largest absolute Gasteiger partial charge is 0.459 e. The number of ether oxygens (including phenoxy) is 1. The van der Waals surface area contributed by atoms with Crippen molar-refractivity contribution in [3.63, 3.8) is 0 Å². The summed E-state index contributed by atoms with van der Waals surface area (Å²) in [5, 5.41) is 21.1. The van der Waals surface area contributed by atoms with Crippen molar-refractivity contribution < 1.29 is 19.7 Å². The van der Waals surface area contributed by atoms with Gasteiger partial charge >= 0.3 is 5.97 Å². The lowest BCUT2D eigenvalue weighted by Crippen LogP contribution is -2.53. The van der Waals surface area contributed by atoms with Gasteiger partial charge in [0.2, 0.25) is 0 Å². The highest BCUT2D eigenvalue weighted by Crippen LogP contribution is 2.09. The van der Waals surface area contributed by atoms with Crippen LogP contribution in [0.3, 0.4) is 0 Å². The van der Waals surface area contributed by atoms with Crippen molar-refractivity contribution in [3.05, 3.63) is 0 Å². The molecule has 0 saturated heterocycles. The number of carbonyl (C=O) groups is 1. The number of aliphatic hydroxyl groups excluding tert-OH is 2. The van der Waals surface area contributed by atoms with Gasteiger partial charge < -0.3 is 14.9 Å². The third-order valence-corrected chi connectivity index (χ3v) is 2.31. The molecular weight excluding hydrogens is 210 g/mol. The minimum atomic E-state index is -0.809. The van der Waals surface area contributed by atoms with Gasteiger partial charge in [-0.2, -0.15) is 0 Å². The normalized spacial score (nSPS) is 12.6. The maximum Gasteiger partial charge on any atom is 0.320 e. The monoisotopic (exact) mass is 233 g/mol. The summed E-state index contributed by atoms with van der Waals surface area (Å²) in [6.45, 7) is 6.73. The van der Waals surface area contributed by atoms with Crippen molar-refractivity contribution in [2.45, 2.75) is 45.3 Å². The van der Waals surface area contributed by atoms with Crippen LogP contribution >= 0.6 is 0 Å². The van der Waals surface area contributed by atoms with Crippen LogP contribution in [-0.4, -0.2) is 47.1 Å². The summed E-state index contributed by atoms with van der Waals surface area (Å²) in [5.74, 6) is -0.396. The average molecular weight is 233 g/mol. The van der Waals surface area contributed by atoms with Crippen LogP contribution in [0.25, 0.3) is 0 Å². The third kappa shape index (κ3) is 5.44. The van der Waals surface area contributed by atoms with E-state index in [2.05, 4.69) is 5.32 Å². The first-order valence-corrected chi connectivity index (χ1v) is 5.47. The van der Waals surface area contributed by atoms with Crippen molar-refractivity contribution in [2.24, 2.45) is 0 Å². The molecule has 0 heterocycles. The number of esters is 1. The Morgan fingerprint density at radius 1 is 1.25 bits per heavy atom. The Kier molecular flexibility index (Phi) is 5.92. The van der Waals surface area contributed by atoms with E-state index in [1.54, 1.807) is 20.8 Å². The van der Waals surface area contributed by atoms with Gasteiger partial charge in [-0.25, -0.2) is 0 Å². The Morgan fingerprint density at radius 3 is 2.06 bits per heavy atom. The molecule has 3 N–H and O–H groups in total. The molecular formula is C11H23NO4. The molecule has 0 bridgehead atoms. The number of aliphatic hydroxyl groups is 2. The zero-order valence-corrected chi connectivity index (χ0v) is 10.5. The van der Waals surface area contributed by atoms with Crippen molar-refractivity contribution in [1.82, 2.24) is 5.32 Å². The van der Waals surface area contributed by atoms with Gasteiger partial charge in [0.1, 0.15) is 5.60 Å². The second-order valence-corrected chi connectivity index (χ2v) is 4.89.